The maximum absolute atomic E-state index is 9.42. The first-order valence-corrected chi connectivity index (χ1v) is 5.25. The summed E-state index contributed by atoms with van der Waals surface area (Å²) in [4.78, 5) is 4.15. The number of nitrogens with zero attached hydrogens (tertiary/aromatic N) is 1. The zero-order chi connectivity index (χ0) is 11.6. The Kier molecular flexibility index (Phi) is 2.79. The van der Waals surface area contributed by atoms with Gasteiger partial charge in [0.25, 0.3) is 0 Å². The molecule has 0 aliphatic heterocycles. The van der Waals surface area contributed by atoms with Crippen LogP contribution in [0.1, 0.15) is 19.4 Å². The van der Waals surface area contributed by atoms with Crippen LogP contribution in [0.3, 0.4) is 0 Å². The van der Waals surface area contributed by atoms with Crippen molar-refractivity contribution >= 4 is 0 Å². The molecule has 0 radical (unpaired) electrons. The average molecular weight is 217 g/mol. The average Bonchev–Trinajstić information content (AvgIpc) is 2.82. The van der Waals surface area contributed by atoms with Crippen LogP contribution in [0, 0.1) is 0 Å². The predicted octanol–water partition coefficient (Wildman–Crippen LogP) is 2.61. The van der Waals surface area contributed by atoms with Gasteiger partial charge in [0, 0.05) is 11.0 Å². The van der Waals surface area contributed by atoms with Gasteiger partial charge in [0.1, 0.15) is 6.26 Å². The molecule has 0 atom stereocenters. The highest BCUT2D eigenvalue weighted by Gasteiger charge is 2.24. The fraction of sp³-hybridized carbons (Fsp3) is 0.308. The highest BCUT2D eigenvalue weighted by atomic mass is 16.3. The zero-order valence-electron chi connectivity index (χ0n) is 9.47. The van der Waals surface area contributed by atoms with Crippen molar-refractivity contribution in [2.24, 2.45) is 0 Å². The summed E-state index contributed by atoms with van der Waals surface area (Å²) in [7, 11) is 0. The molecular formula is C13H15NO2. The fourth-order valence-corrected chi connectivity index (χ4v) is 1.70. The van der Waals surface area contributed by atoms with Crippen LogP contribution in [0.2, 0.25) is 0 Å². The molecule has 0 fully saturated rings. The molecule has 2 rings (SSSR count). The number of oxazole rings is 1. The molecule has 0 aliphatic rings. The second-order valence-corrected chi connectivity index (χ2v) is 4.42. The molecule has 0 bridgehead atoms. The molecule has 3 nitrogen and oxygen atoms in total. The first kappa shape index (κ1) is 10.9. The van der Waals surface area contributed by atoms with E-state index in [4.69, 9.17) is 4.42 Å². The van der Waals surface area contributed by atoms with Crippen molar-refractivity contribution < 1.29 is 9.52 Å². The minimum absolute atomic E-state index is 0.0880. The second kappa shape index (κ2) is 4.10. The van der Waals surface area contributed by atoms with E-state index in [2.05, 4.69) is 4.98 Å². The van der Waals surface area contributed by atoms with Crippen molar-refractivity contribution in [1.29, 1.82) is 0 Å². The molecule has 1 aromatic heterocycles. The van der Waals surface area contributed by atoms with Gasteiger partial charge in [-0.3, -0.25) is 0 Å². The molecule has 0 unspecified atom stereocenters. The molecule has 3 heteroatoms. The van der Waals surface area contributed by atoms with Crippen molar-refractivity contribution in [2.75, 3.05) is 6.61 Å². The summed E-state index contributed by atoms with van der Waals surface area (Å²) in [6, 6.07) is 7.85. The smallest absolute Gasteiger partial charge is 0.226 e. The minimum Gasteiger partial charge on any atom is -0.445 e. The maximum Gasteiger partial charge on any atom is 0.226 e. The van der Waals surface area contributed by atoms with Crippen LogP contribution in [-0.4, -0.2) is 16.7 Å². The van der Waals surface area contributed by atoms with Crippen molar-refractivity contribution in [1.82, 2.24) is 4.98 Å². The maximum atomic E-state index is 9.42. The number of aliphatic hydroxyl groups is 1. The topological polar surface area (TPSA) is 46.3 Å². The molecule has 1 aromatic carbocycles. The first-order chi connectivity index (χ1) is 7.65. The fourth-order valence-electron chi connectivity index (χ4n) is 1.70. The Morgan fingerprint density at radius 2 is 2.06 bits per heavy atom. The lowest BCUT2D eigenvalue weighted by atomic mass is 9.82. The summed E-state index contributed by atoms with van der Waals surface area (Å²) in [5.74, 6) is 0.595. The van der Waals surface area contributed by atoms with Crippen LogP contribution in [0.15, 0.2) is 41.1 Å². The van der Waals surface area contributed by atoms with Crippen LogP contribution >= 0.6 is 0 Å². The van der Waals surface area contributed by atoms with E-state index in [9.17, 15) is 5.11 Å². The highest BCUT2D eigenvalue weighted by Crippen LogP contribution is 2.31. The summed E-state index contributed by atoms with van der Waals surface area (Å²) in [6.45, 7) is 4.08. The Labute approximate surface area is 94.8 Å². The number of aromatic nitrogens is 1. The predicted molar refractivity (Wildman–Crippen MR) is 62.1 cm³/mol. The lowest BCUT2D eigenvalue weighted by Gasteiger charge is -2.24. The van der Waals surface area contributed by atoms with E-state index < -0.39 is 0 Å². The van der Waals surface area contributed by atoms with Gasteiger partial charge in [0.05, 0.1) is 12.8 Å². The summed E-state index contributed by atoms with van der Waals surface area (Å²) < 4.78 is 5.31. The zero-order valence-corrected chi connectivity index (χ0v) is 9.47. The van der Waals surface area contributed by atoms with Gasteiger partial charge in [0.15, 0.2) is 0 Å². The molecule has 1 N–H and O–H groups in total. The number of rotatable bonds is 3. The van der Waals surface area contributed by atoms with Gasteiger partial charge < -0.3 is 9.52 Å². The normalized spacial score (nSPS) is 11.7. The monoisotopic (exact) mass is 217 g/mol. The largest absolute Gasteiger partial charge is 0.445 e. The minimum atomic E-state index is -0.301. The van der Waals surface area contributed by atoms with Gasteiger partial charge in [-0.1, -0.05) is 32.0 Å². The first-order valence-electron chi connectivity index (χ1n) is 5.25. The van der Waals surface area contributed by atoms with E-state index in [-0.39, 0.29) is 12.0 Å². The lowest BCUT2D eigenvalue weighted by Crippen LogP contribution is -2.22. The van der Waals surface area contributed by atoms with E-state index in [0.717, 1.165) is 11.1 Å². The highest BCUT2D eigenvalue weighted by molar-refractivity contribution is 5.60. The third kappa shape index (κ3) is 1.86. The molecule has 0 saturated heterocycles. The van der Waals surface area contributed by atoms with E-state index in [1.165, 1.54) is 0 Å². The molecule has 2 aromatic rings. The number of hydrogen-bond donors (Lipinski definition) is 1. The number of benzene rings is 1. The van der Waals surface area contributed by atoms with Crippen LogP contribution in [0.5, 0.6) is 0 Å². The third-order valence-electron chi connectivity index (χ3n) is 2.71. The second-order valence-electron chi connectivity index (χ2n) is 4.42. The Morgan fingerprint density at radius 3 is 2.69 bits per heavy atom. The molecule has 0 saturated carbocycles. The van der Waals surface area contributed by atoms with Crippen LogP contribution in [0.25, 0.3) is 11.5 Å². The van der Waals surface area contributed by atoms with Gasteiger partial charge >= 0.3 is 0 Å². The van der Waals surface area contributed by atoms with Gasteiger partial charge in [0.2, 0.25) is 5.89 Å². The molecule has 0 amide bonds. The van der Waals surface area contributed by atoms with E-state index in [0.29, 0.717) is 5.89 Å². The Hall–Kier alpha value is -1.61. The number of hydrogen-bond acceptors (Lipinski definition) is 3. The van der Waals surface area contributed by atoms with Gasteiger partial charge in [-0.15, -0.1) is 0 Å². The lowest BCUT2D eigenvalue weighted by molar-refractivity contribution is 0.218. The van der Waals surface area contributed by atoms with Gasteiger partial charge in [-0.25, -0.2) is 4.98 Å². The molecule has 0 aliphatic carbocycles. The Balaban J connectivity index is 2.55. The van der Waals surface area contributed by atoms with E-state index in [1.54, 1.807) is 12.5 Å². The Bertz CT molecular complexity index is 461. The van der Waals surface area contributed by atoms with Gasteiger partial charge in [-0.05, 0) is 11.6 Å². The Morgan fingerprint density at radius 1 is 1.31 bits per heavy atom. The standard InChI is InChI=1S/C13H15NO2/c1-13(2,9-15)11-6-4-3-5-10(11)12-14-7-8-16-12/h3-8,15H,9H2,1-2H3. The molecule has 16 heavy (non-hydrogen) atoms. The van der Waals surface area contributed by atoms with Crippen molar-refractivity contribution in [3.8, 4) is 11.5 Å². The molecular weight excluding hydrogens is 202 g/mol. The van der Waals surface area contributed by atoms with Crippen molar-refractivity contribution in [3.05, 3.63) is 42.3 Å². The summed E-state index contributed by atoms with van der Waals surface area (Å²) in [5, 5.41) is 9.42. The van der Waals surface area contributed by atoms with Crippen LogP contribution in [-0.2, 0) is 5.41 Å². The summed E-state index contributed by atoms with van der Waals surface area (Å²) >= 11 is 0. The van der Waals surface area contributed by atoms with E-state index in [1.807, 2.05) is 38.1 Å². The molecule has 84 valence electrons. The van der Waals surface area contributed by atoms with Crippen LogP contribution in [0.4, 0.5) is 0 Å². The quantitative estimate of drug-likeness (QED) is 0.859. The van der Waals surface area contributed by atoms with E-state index >= 15 is 0 Å². The molecule has 1 heterocycles. The third-order valence-corrected chi connectivity index (χ3v) is 2.71. The van der Waals surface area contributed by atoms with Crippen LogP contribution < -0.4 is 0 Å². The SMILES string of the molecule is CC(C)(CO)c1ccccc1-c1ncco1. The van der Waals surface area contributed by atoms with Crippen molar-refractivity contribution in [2.45, 2.75) is 19.3 Å². The molecule has 0 spiro atoms. The van der Waals surface area contributed by atoms with Crippen molar-refractivity contribution in [3.63, 3.8) is 0 Å². The summed E-state index contributed by atoms with van der Waals surface area (Å²) in [6.07, 6.45) is 3.18. The summed E-state index contributed by atoms with van der Waals surface area (Å²) in [5.41, 5.74) is 1.68. The van der Waals surface area contributed by atoms with Gasteiger partial charge in [-0.2, -0.15) is 0 Å². The number of aliphatic hydroxyl groups excluding tert-OH is 1.